The van der Waals surface area contributed by atoms with E-state index in [-0.39, 0.29) is 15.4 Å². The molecule has 1 aliphatic carbocycles. The summed E-state index contributed by atoms with van der Waals surface area (Å²) >= 11 is 14.8. The van der Waals surface area contributed by atoms with Crippen molar-refractivity contribution in [3.63, 3.8) is 0 Å². The van der Waals surface area contributed by atoms with Gasteiger partial charge in [0, 0.05) is 11.6 Å². The van der Waals surface area contributed by atoms with E-state index in [1.165, 1.54) is 19.1 Å². The van der Waals surface area contributed by atoms with Gasteiger partial charge in [-0.2, -0.15) is 18.3 Å². The molecule has 1 heterocycles. The first kappa shape index (κ1) is 19.5. The number of carbonyl (C=O) groups is 1. The Morgan fingerprint density at radius 3 is 2.54 bits per heavy atom. The van der Waals surface area contributed by atoms with Crippen molar-refractivity contribution >= 4 is 50.7 Å². The van der Waals surface area contributed by atoms with Crippen molar-refractivity contribution in [3.05, 3.63) is 44.1 Å². The Hall–Kier alpha value is -1.25. The molecule has 1 N–H and O–H groups in total. The number of hydrogen-bond acceptors (Lipinski definition) is 2. The lowest BCUT2D eigenvalue weighted by Gasteiger charge is -2.16. The summed E-state index contributed by atoms with van der Waals surface area (Å²) in [7, 11) is 0. The van der Waals surface area contributed by atoms with Crippen molar-refractivity contribution < 1.29 is 18.0 Å². The smallest absolute Gasteiger partial charge is 0.324 e. The van der Waals surface area contributed by atoms with Crippen LogP contribution in [0.3, 0.4) is 0 Å². The van der Waals surface area contributed by atoms with Crippen molar-refractivity contribution in [2.75, 3.05) is 5.32 Å². The fraction of sp³-hybridized carbons (Fsp3) is 0.375. The van der Waals surface area contributed by atoms with Crippen LogP contribution in [-0.2, 0) is 11.0 Å². The van der Waals surface area contributed by atoms with Crippen LogP contribution in [0.1, 0.15) is 43.1 Å². The second kappa shape index (κ2) is 7.05. The van der Waals surface area contributed by atoms with Crippen molar-refractivity contribution in [1.82, 2.24) is 9.78 Å². The number of anilines is 1. The Morgan fingerprint density at radius 2 is 2.00 bits per heavy atom. The number of halogens is 6. The third kappa shape index (κ3) is 3.87. The van der Waals surface area contributed by atoms with Gasteiger partial charge in [-0.1, -0.05) is 23.2 Å². The molecule has 0 aliphatic heterocycles. The monoisotopic (exact) mass is 469 g/mol. The highest BCUT2D eigenvalue weighted by atomic mass is 79.9. The number of benzene rings is 1. The second-order valence-electron chi connectivity index (χ2n) is 6.06. The van der Waals surface area contributed by atoms with Gasteiger partial charge in [-0.05, 0) is 53.9 Å². The number of aromatic nitrogens is 2. The summed E-state index contributed by atoms with van der Waals surface area (Å²) in [5.41, 5.74) is -0.228. The molecule has 1 aromatic carbocycles. The maximum atomic E-state index is 13.2. The quantitative estimate of drug-likeness (QED) is 0.591. The second-order valence-corrected chi connectivity index (χ2v) is 7.67. The molecule has 0 bridgehead atoms. The zero-order chi connectivity index (χ0) is 19.2. The highest BCUT2D eigenvalue weighted by Crippen LogP contribution is 2.47. The lowest BCUT2D eigenvalue weighted by Crippen LogP contribution is -2.26. The first-order valence-corrected chi connectivity index (χ1v) is 9.25. The molecule has 1 atom stereocenters. The van der Waals surface area contributed by atoms with Crippen molar-refractivity contribution in [3.8, 4) is 0 Å². The molecule has 1 fully saturated rings. The van der Waals surface area contributed by atoms with Crippen LogP contribution in [0.5, 0.6) is 0 Å². The van der Waals surface area contributed by atoms with E-state index in [1.807, 2.05) is 0 Å². The molecule has 140 valence electrons. The molecule has 0 saturated heterocycles. The predicted molar refractivity (Wildman–Crippen MR) is 96.7 cm³/mol. The SMILES string of the molecule is CC(C(=O)Nc1ccc(Cl)c(Cl)c1)n1nc(C(F)(F)F)c(Br)c1C1CC1. The van der Waals surface area contributed by atoms with Gasteiger partial charge in [-0.3, -0.25) is 9.48 Å². The summed E-state index contributed by atoms with van der Waals surface area (Å²) < 4.78 is 40.6. The number of amides is 1. The summed E-state index contributed by atoms with van der Waals surface area (Å²) in [5, 5.41) is 6.89. The molecule has 3 rings (SSSR count). The average Bonchev–Trinajstić information content (AvgIpc) is 3.31. The number of nitrogens with zero attached hydrogens (tertiary/aromatic N) is 2. The molecule has 1 unspecified atom stereocenters. The summed E-state index contributed by atoms with van der Waals surface area (Å²) in [6, 6.07) is 3.61. The summed E-state index contributed by atoms with van der Waals surface area (Å²) in [6.45, 7) is 1.50. The number of hydrogen-bond donors (Lipinski definition) is 1. The zero-order valence-corrected chi connectivity index (χ0v) is 16.5. The maximum absolute atomic E-state index is 13.2. The number of carbonyl (C=O) groups excluding carboxylic acids is 1. The van der Waals surface area contributed by atoms with Crippen LogP contribution in [0.4, 0.5) is 18.9 Å². The Labute approximate surface area is 165 Å². The van der Waals surface area contributed by atoms with Crippen LogP contribution >= 0.6 is 39.1 Å². The minimum Gasteiger partial charge on any atom is -0.324 e. The first-order chi connectivity index (χ1) is 12.1. The van der Waals surface area contributed by atoms with Crippen LogP contribution in [0.2, 0.25) is 10.0 Å². The first-order valence-electron chi connectivity index (χ1n) is 7.70. The number of nitrogens with one attached hydrogen (secondary N) is 1. The number of alkyl halides is 3. The Balaban J connectivity index is 1.90. The van der Waals surface area contributed by atoms with Crippen LogP contribution in [0.15, 0.2) is 22.7 Å². The molecule has 0 spiro atoms. The lowest BCUT2D eigenvalue weighted by molar-refractivity contribution is -0.142. The van der Waals surface area contributed by atoms with E-state index >= 15 is 0 Å². The Morgan fingerprint density at radius 1 is 1.35 bits per heavy atom. The van der Waals surface area contributed by atoms with E-state index in [2.05, 4.69) is 26.3 Å². The maximum Gasteiger partial charge on any atom is 0.436 e. The summed E-state index contributed by atoms with van der Waals surface area (Å²) in [5.74, 6) is -0.540. The topological polar surface area (TPSA) is 46.9 Å². The van der Waals surface area contributed by atoms with Crippen molar-refractivity contribution in [2.45, 2.75) is 37.9 Å². The predicted octanol–water partition coefficient (Wildman–Crippen LogP) is 6.05. The molecule has 1 aliphatic rings. The van der Waals surface area contributed by atoms with Crippen molar-refractivity contribution in [2.24, 2.45) is 0 Å². The van der Waals surface area contributed by atoms with Gasteiger partial charge in [-0.15, -0.1) is 0 Å². The standard InChI is InChI=1S/C16H13BrCl2F3N3O/c1-7(15(26)23-9-4-5-10(18)11(19)6-9)25-13(8-2-3-8)12(17)14(24-25)16(20,21)22/h4-8H,2-3H2,1H3,(H,23,26). The van der Waals surface area contributed by atoms with Gasteiger partial charge >= 0.3 is 6.18 Å². The molecule has 10 heteroatoms. The van der Waals surface area contributed by atoms with Gasteiger partial charge < -0.3 is 5.32 Å². The molecular weight excluding hydrogens is 458 g/mol. The molecule has 4 nitrogen and oxygen atoms in total. The summed E-state index contributed by atoms with van der Waals surface area (Å²) in [6.07, 6.45) is -3.07. The molecule has 0 radical (unpaired) electrons. The minimum absolute atomic E-state index is 0.0341. The minimum atomic E-state index is -4.60. The Kier molecular flexibility index (Phi) is 5.29. The van der Waals surface area contributed by atoms with Gasteiger partial charge in [0.05, 0.1) is 20.2 Å². The summed E-state index contributed by atoms with van der Waals surface area (Å²) in [4.78, 5) is 12.5. The lowest BCUT2D eigenvalue weighted by atomic mass is 10.2. The van der Waals surface area contributed by atoms with Crippen LogP contribution < -0.4 is 5.32 Å². The van der Waals surface area contributed by atoms with Crippen LogP contribution in [-0.4, -0.2) is 15.7 Å². The highest BCUT2D eigenvalue weighted by molar-refractivity contribution is 9.10. The van der Waals surface area contributed by atoms with Crippen molar-refractivity contribution in [1.29, 1.82) is 0 Å². The molecule has 1 saturated carbocycles. The van der Waals surface area contributed by atoms with Crippen LogP contribution in [0.25, 0.3) is 0 Å². The molecule has 26 heavy (non-hydrogen) atoms. The van der Waals surface area contributed by atoms with Gasteiger partial charge in [0.25, 0.3) is 0 Å². The normalized spacial score (nSPS) is 15.8. The van der Waals surface area contributed by atoms with Gasteiger partial charge in [0.15, 0.2) is 5.69 Å². The van der Waals surface area contributed by atoms with Gasteiger partial charge in [0.2, 0.25) is 5.91 Å². The van der Waals surface area contributed by atoms with E-state index in [4.69, 9.17) is 23.2 Å². The zero-order valence-electron chi connectivity index (χ0n) is 13.4. The Bertz CT molecular complexity index is 865. The van der Waals surface area contributed by atoms with E-state index < -0.39 is 23.8 Å². The van der Waals surface area contributed by atoms with E-state index in [1.54, 1.807) is 6.07 Å². The molecule has 2 aromatic rings. The molecule has 1 amide bonds. The molecular formula is C16H13BrCl2F3N3O. The average molecular weight is 471 g/mol. The fourth-order valence-electron chi connectivity index (χ4n) is 2.56. The van der Waals surface area contributed by atoms with E-state index in [9.17, 15) is 18.0 Å². The van der Waals surface area contributed by atoms with Crippen LogP contribution in [0, 0.1) is 0 Å². The highest BCUT2D eigenvalue weighted by Gasteiger charge is 2.43. The molecule has 1 aromatic heterocycles. The largest absolute Gasteiger partial charge is 0.436 e. The van der Waals surface area contributed by atoms with E-state index in [0.29, 0.717) is 16.4 Å². The van der Waals surface area contributed by atoms with Gasteiger partial charge in [0.1, 0.15) is 6.04 Å². The number of rotatable bonds is 4. The van der Waals surface area contributed by atoms with E-state index in [0.717, 1.165) is 17.5 Å². The van der Waals surface area contributed by atoms with Gasteiger partial charge in [-0.25, -0.2) is 0 Å². The third-order valence-corrected chi connectivity index (χ3v) is 5.57. The third-order valence-electron chi connectivity index (χ3n) is 4.05. The fourth-order valence-corrected chi connectivity index (χ4v) is 3.67.